The second kappa shape index (κ2) is 7.72. The molecule has 0 aliphatic carbocycles. The van der Waals surface area contributed by atoms with Gasteiger partial charge in [-0.1, -0.05) is 135 Å². The summed E-state index contributed by atoms with van der Waals surface area (Å²) in [6.07, 6.45) is 4.24. The van der Waals surface area contributed by atoms with E-state index in [4.69, 9.17) is 0 Å². The maximum atomic E-state index is 2.59. The first-order chi connectivity index (χ1) is 22.1. The Morgan fingerprint density at radius 1 is 0.422 bits per heavy atom. The lowest BCUT2D eigenvalue weighted by Crippen LogP contribution is -2.95. The van der Waals surface area contributed by atoms with E-state index in [-0.39, 0.29) is 0 Å². The number of benzene rings is 6. The lowest BCUT2D eigenvalue weighted by molar-refractivity contribution is 1.12. The quantitative estimate of drug-likeness (QED) is 0.233. The van der Waals surface area contributed by atoms with Gasteiger partial charge >= 0.3 is 0 Å². The van der Waals surface area contributed by atoms with Gasteiger partial charge in [-0.05, 0) is 110 Å². The standard InChI is InChI=1S/C42H30B2Si/c1-23-17-30-20-26-8-4-11-33-39(26)43-37(30)31(18-23)21-27-9-5-12-34(40(27)43)45(33)35-13-3-7-25-19-29-16-15-24(2)32-22-28-10-6-14-36(45)42(28)44(38(29)32)41(25)35/h3-18H,19-22H2,1-2H3. The van der Waals surface area contributed by atoms with Crippen LogP contribution in [0.1, 0.15) is 55.6 Å². The average molecular weight is 584 g/mol. The van der Waals surface area contributed by atoms with E-state index < -0.39 is 8.07 Å². The predicted molar refractivity (Wildman–Crippen MR) is 193 cm³/mol. The molecule has 0 atom stereocenters. The lowest BCUT2D eigenvalue weighted by Gasteiger charge is -2.52. The van der Waals surface area contributed by atoms with Crippen molar-refractivity contribution in [2.75, 3.05) is 0 Å². The highest BCUT2D eigenvalue weighted by atomic mass is 28.3. The van der Waals surface area contributed by atoms with Gasteiger partial charge < -0.3 is 0 Å². The maximum absolute atomic E-state index is 2.63. The zero-order chi connectivity index (χ0) is 29.3. The van der Waals surface area contributed by atoms with Crippen LogP contribution in [0.3, 0.4) is 0 Å². The van der Waals surface area contributed by atoms with Crippen molar-refractivity contribution in [1.82, 2.24) is 0 Å². The van der Waals surface area contributed by atoms with Crippen LogP contribution in [0.2, 0.25) is 0 Å². The van der Waals surface area contributed by atoms with E-state index in [1.807, 2.05) is 0 Å². The normalized spacial score (nSPS) is 16.8. The number of hydrogen-bond acceptors (Lipinski definition) is 0. The molecule has 12 rings (SSSR count). The van der Waals surface area contributed by atoms with E-state index in [2.05, 4.69) is 111 Å². The van der Waals surface area contributed by atoms with Crippen molar-refractivity contribution < 1.29 is 0 Å². The molecule has 0 aromatic heterocycles. The predicted octanol–water partition coefficient (Wildman–Crippen LogP) is 0.957. The minimum absolute atomic E-state index is 0.361. The van der Waals surface area contributed by atoms with Crippen molar-refractivity contribution in [3.63, 3.8) is 0 Å². The Balaban J connectivity index is 1.28. The highest BCUT2D eigenvalue weighted by molar-refractivity contribution is 7.31. The van der Waals surface area contributed by atoms with Crippen molar-refractivity contribution >= 4 is 75.0 Å². The molecular formula is C42H30B2Si. The first kappa shape index (κ1) is 24.0. The summed E-state index contributed by atoms with van der Waals surface area (Å²) in [4.78, 5) is 0. The topological polar surface area (TPSA) is 0 Å². The molecule has 0 unspecified atom stereocenters. The van der Waals surface area contributed by atoms with Gasteiger partial charge in [0.15, 0.2) is 8.07 Å². The monoisotopic (exact) mass is 584 g/mol. The number of rotatable bonds is 0. The van der Waals surface area contributed by atoms with Crippen LogP contribution in [-0.2, 0) is 25.7 Å². The van der Waals surface area contributed by atoms with E-state index in [9.17, 15) is 0 Å². The smallest absolute Gasteiger partial charge is 0.0648 e. The zero-order valence-electron chi connectivity index (χ0n) is 25.7. The fourth-order valence-electron chi connectivity index (χ4n) is 11.5. The van der Waals surface area contributed by atoms with E-state index in [1.54, 1.807) is 98.0 Å². The third-order valence-corrected chi connectivity index (χ3v) is 17.8. The number of aryl methyl sites for hydroxylation is 2. The lowest BCUT2D eigenvalue weighted by atomic mass is 9.30. The average Bonchev–Trinajstić information content (AvgIpc) is 3.05. The van der Waals surface area contributed by atoms with Crippen molar-refractivity contribution in [1.29, 1.82) is 0 Å². The molecule has 0 bridgehead atoms. The van der Waals surface area contributed by atoms with Crippen molar-refractivity contribution in [2.24, 2.45) is 0 Å². The molecule has 6 aliphatic heterocycles. The molecule has 0 amide bonds. The summed E-state index contributed by atoms with van der Waals surface area (Å²) < 4.78 is 0. The summed E-state index contributed by atoms with van der Waals surface area (Å²) in [6, 6.07) is 39.7. The first-order valence-corrected chi connectivity index (χ1v) is 18.9. The number of fused-ring (bicyclic) bond motifs is 4. The molecule has 0 nitrogen and oxygen atoms in total. The van der Waals surface area contributed by atoms with Crippen LogP contribution < -0.4 is 53.5 Å². The van der Waals surface area contributed by atoms with E-state index in [1.165, 1.54) is 11.1 Å². The third kappa shape index (κ3) is 2.55. The van der Waals surface area contributed by atoms with Gasteiger partial charge in [0.25, 0.3) is 0 Å². The van der Waals surface area contributed by atoms with Gasteiger partial charge in [0, 0.05) is 0 Å². The molecule has 1 spiro atoms. The Bertz CT molecular complexity index is 2330. The van der Waals surface area contributed by atoms with Crippen LogP contribution >= 0.6 is 0 Å². The summed E-state index contributed by atoms with van der Waals surface area (Å²) in [5.74, 6) is 0. The SMILES string of the molecule is Cc1cc2c3c(c1)Cc1cccc4c1B3c1c(cccc1[Si]41c3cccc4c3B3c5c(cccc51)Cc1c(C)ccc(c13)C4)C2. The molecule has 208 valence electrons. The molecule has 3 heteroatoms. The molecule has 6 aromatic carbocycles. The van der Waals surface area contributed by atoms with Crippen LogP contribution in [0.25, 0.3) is 0 Å². The Hall–Kier alpha value is -4.33. The Morgan fingerprint density at radius 3 is 1.36 bits per heavy atom. The fourth-order valence-corrected chi connectivity index (χ4v) is 17.4. The summed E-state index contributed by atoms with van der Waals surface area (Å²) in [5, 5.41) is 6.70. The van der Waals surface area contributed by atoms with E-state index >= 15 is 0 Å². The van der Waals surface area contributed by atoms with Gasteiger partial charge in [-0.25, -0.2) is 0 Å². The van der Waals surface area contributed by atoms with Crippen LogP contribution in [0.15, 0.2) is 97.1 Å². The van der Waals surface area contributed by atoms with Gasteiger partial charge in [-0.2, -0.15) is 0 Å². The van der Waals surface area contributed by atoms with Crippen molar-refractivity contribution in [2.45, 2.75) is 39.5 Å². The van der Waals surface area contributed by atoms with Crippen LogP contribution in [0, 0.1) is 13.8 Å². The Morgan fingerprint density at radius 2 is 0.844 bits per heavy atom. The largest absolute Gasteiger partial charge is 0.242 e. The van der Waals surface area contributed by atoms with Gasteiger partial charge in [-0.3, -0.25) is 0 Å². The summed E-state index contributed by atoms with van der Waals surface area (Å²) >= 11 is 0. The maximum Gasteiger partial charge on any atom is 0.242 e. The summed E-state index contributed by atoms with van der Waals surface area (Å²) in [6.45, 7) is 5.35. The molecule has 0 saturated heterocycles. The van der Waals surface area contributed by atoms with Crippen molar-refractivity contribution in [3.05, 3.63) is 153 Å². The second-order valence-corrected chi connectivity index (χ2v) is 18.4. The molecule has 45 heavy (non-hydrogen) atoms. The van der Waals surface area contributed by atoms with E-state index in [0.717, 1.165) is 25.7 Å². The molecule has 6 aromatic rings. The van der Waals surface area contributed by atoms with Crippen LogP contribution in [-0.4, -0.2) is 21.5 Å². The van der Waals surface area contributed by atoms with Gasteiger partial charge in [0.2, 0.25) is 13.4 Å². The summed E-state index contributed by atoms with van der Waals surface area (Å²) in [7, 11) is -2.63. The highest BCUT2D eigenvalue weighted by Crippen LogP contribution is 2.30. The minimum Gasteiger partial charge on any atom is -0.0648 e. The molecule has 0 N–H and O–H groups in total. The molecule has 6 heterocycles. The fraction of sp³-hybridized carbons (Fsp3) is 0.143. The molecular weight excluding hydrogens is 554 g/mol. The third-order valence-electron chi connectivity index (χ3n) is 12.8. The Labute approximate surface area is 266 Å². The van der Waals surface area contributed by atoms with Gasteiger partial charge in [-0.15, -0.1) is 0 Å². The van der Waals surface area contributed by atoms with Gasteiger partial charge in [0.05, 0.1) is 0 Å². The highest BCUT2D eigenvalue weighted by Gasteiger charge is 2.59. The minimum atomic E-state index is -2.63. The van der Waals surface area contributed by atoms with Gasteiger partial charge in [0.1, 0.15) is 0 Å². The molecule has 0 saturated carbocycles. The first-order valence-electron chi connectivity index (χ1n) is 16.9. The van der Waals surface area contributed by atoms with E-state index in [0.29, 0.717) is 13.4 Å². The van der Waals surface area contributed by atoms with Crippen LogP contribution in [0.4, 0.5) is 0 Å². The Kier molecular flexibility index (Phi) is 4.11. The molecule has 0 radical (unpaired) electrons. The zero-order valence-corrected chi connectivity index (χ0v) is 26.7. The van der Waals surface area contributed by atoms with Crippen molar-refractivity contribution in [3.8, 4) is 0 Å². The second-order valence-electron chi connectivity index (χ2n) is 14.8. The summed E-state index contributed by atoms with van der Waals surface area (Å²) in [5.41, 5.74) is 25.4. The molecule has 6 aliphatic rings. The molecule has 0 fully saturated rings. The van der Waals surface area contributed by atoms with Crippen LogP contribution in [0.5, 0.6) is 0 Å². The number of hydrogen-bond donors (Lipinski definition) is 0.